The van der Waals surface area contributed by atoms with E-state index in [1.54, 1.807) is 6.08 Å². The van der Waals surface area contributed by atoms with Crippen LogP contribution in [0.2, 0.25) is 0 Å². The van der Waals surface area contributed by atoms with Crippen LogP contribution in [0.5, 0.6) is 0 Å². The first-order valence-electron chi connectivity index (χ1n) is 10.6. The molecule has 2 aromatic rings. The highest BCUT2D eigenvalue weighted by atomic mass is 32.2. The van der Waals surface area contributed by atoms with E-state index in [1.807, 2.05) is 55.5 Å². The summed E-state index contributed by atoms with van der Waals surface area (Å²) in [5.74, 6) is -0.725. The molecule has 1 aliphatic heterocycles. The zero-order chi connectivity index (χ0) is 24.0. The minimum Gasteiger partial charge on any atom is -0.468 e. The molecular formula is C25H27N3O4S. The molecule has 1 aliphatic rings. The fraction of sp³-hybridized carbons (Fsp3) is 0.280. The third-order valence-corrected chi connectivity index (χ3v) is 5.96. The topological polar surface area (TPSA) is 88.1 Å². The molecule has 0 radical (unpaired) electrons. The second kappa shape index (κ2) is 11.0. The van der Waals surface area contributed by atoms with Crippen molar-refractivity contribution in [2.45, 2.75) is 26.7 Å². The van der Waals surface area contributed by atoms with Crippen LogP contribution in [0.4, 0.5) is 5.69 Å². The fourth-order valence-electron chi connectivity index (χ4n) is 3.07. The highest BCUT2D eigenvalue weighted by Gasteiger charge is 2.32. The predicted molar refractivity (Wildman–Crippen MR) is 132 cm³/mol. The first-order chi connectivity index (χ1) is 15.8. The monoisotopic (exact) mass is 465 g/mol. The van der Waals surface area contributed by atoms with Gasteiger partial charge in [0.05, 0.1) is 18.6 Å². The third kappa shape index (κ3) is 6.32. The molecule has 8 heteroatoms. The number of methoxy groups -OCH3 is 1. The van der Waals surface area contributed by atoms with Crippen molar-refractivity contribution in [3.8, 4) is 0 Å². The van der Waals surface area contributed by atoms with E-state index < -0.39 is 5.97 Å². The standard InChI is InChI=1S/C25H27N3O4S/c1-16(2)19-9-7-18(8-10-19)13-21-24(31)28(20-11-5-17(3)6-12-20)25(27-21)33-15-22(29)26-14-23(30)32-4/h5-13,16H,14-15H2,1-4H3,(H,26,29)/b21-13-. The Morgan fingerprint density at radius 1 is 1.12 bits per heavy atom. The number of esters is 1. The number of amides is 2. The molecule has 1 heterocycles. The molecule has 0 saturated carbocycles. The van der Waals surface area contributed by atoms with Crippen LogP contribution in [0.3, 0.4) is 0 Å². The van der Waals surface area contributed by atoms with Gasteiger partial charge in [-0.3, -0.25) is 19.3 Å². The number of ether oxygens (including phenoxy) is 1. The van der Waals surface area contributed by atoms with Crippen LogP contribution in [0, 0.1) is 6.92 Å². The van der Waals surface area contributed by atoms with Crippen LogP contribution < -0.4 is 10.2 Å². The summed E-state index contributed by atoms with van der Waals surface area (Å²) in [5, 5.41) is 2.89. The Kier molecular flexibility index (Phi) is 8.06. The van der Waals surface area contributed by atoms with E-state index in [9.17, 15) is 14.4 Å². The van der Waals surface area contributed by atoms with Gasteiger partial charge in [0.25, 0.3) is 5.91 Å². The summed E-state index contributed by atoms with van der Waals surface area (Å²) in [5.41, 5.74) is 4.13. The Labute approximate surface area is 197 Å². The summed E-state index contributed by atoms with van der Waals surface area (Å²) in [4.78, 5) is 42.7. The SMILES string of the molecule is COC(=O)CNC(=O)CSC1=N/C(=C\c2ccc(C(C)C)cc2)C(=O)N1c1ccc(C)cc1. The number of amidine groups is 1. The van der Waals surface area contributed by atoms with Crippen LogP contribution in [0.15, 0.2) is 59.2 Å². The second-order valence-electron chi connectivity index (χ2n) is 7.86. The first kappa shape index (κ1) is 24.3. The van der Waals surface area contributed by atoms with Crippen molar-refractivity contribution in [2.24, 2.45) is 4.99 Å². The average Bonchev–Trinajstić information content (AvgIpc) is 3.11. The van der Waals surface area contributed by atoms with Gasteiger partial charge >= 0.3 is 5.97 Å². The molecule has 0 fully saturated rings. The van der Waals surface area contributed by atoms with E-state index in [1.165, 1.54) is 17.6 Å². The number of aliphatic imine (C=N–C) groups is 1. The van der Waals surface area contributed by atoms with Crippen LogP contribution in [-0.2, 0) is 19.1 Å². The normalized spacial score (nSPS) is 14.6. The molecule has 0 saturated heterocycles. The smallest absolute Gasteiger partial charge is 0.325 e. The number of carbonyl (C=O) groups is 3. The van der Waals surface area contributed by atoms with Gasteiger partial charge in [-0.2, -0.15) is 0 Å². The van der Waals surface area contributed by atoms with E-state index in [0.717, 1.165) is 22.9 Å². The summed E-state index contributed by atoms with van der Waals surface area (Å²) in [7, 11) is 1.26. The lowest BCUT2D eigenvalue weighted by Crippen LogP contribution is -2.34. The van der Waals surface area contributed by atoms with Crippen LogP contribution in [0.25, 0.3) is 6.08 Å². The fourth-order valence-corrected chi connectivity index (χ4v) is 3.92. The van der Waals surface area contributed by atoms with Crippen LogP contribution in [-0.4, -0.2) is 42.4 Å². The Morgan fingerprint density at radius 3 is 2.39 bits per heavy atom. The lowest BCUT2D eigenvalue weighted by atomic mass is 10.0. The first-order valence-corrected chi connectivity index (χ1v) is 11.5. The summed E-state index contributed by atoms with van der Waals surface area (Å²) in [6.45, 7) is 6.02. The number of thioether (sulfide) groups is 1. The summed E-state index contributed by atoms with van der Waals surface area (Å²) < 4.78 is 4.52. The van der Waals surface area contributed by atoms with Crippen molar-refractivity contribution >= 4 is 46.5 Å². The summed E-state index contributed by atoms with van der Waals surface area (Å²) in [6.07, 6.45) is 1.75. The van der Waals surface area contributed by atoms with E-state index in [4.69, 9.17) is 0 Å². The van der Waals surface area contributed by atoms with E-state index >= 15 is 0 Å². The number of nitrogens with zero attached hydrogens (tertiary/aromatic N) is 2. The number of benzene rings is 2. The highest BCUT2D eigenvalue weighted by molar-refractivity contribution is 8.14. The summed E-state index contributed by atoms with van der Waals surface area (Å²) >= 11 is 1.13. The Morgan fingerprint density at radius 2 is 1.79 bits per heavy atom. The second-order valence-corrected chi connectivity index (χ2v) is 8.81. The number of hydrogen-bond donors (Lipinski definition) is 1. The Bertz CT molecular complexity index is 1090. The van der Waals surface area contributed by atoms with Gasteiger partial charge in [-0.1, -0.05) is 67.6 Å². The largest absolute Gasteiger partial charge is 0.468 e. The van der Waals surface area contributed by atoms with Gasteiger partial charge in [0.1, 0.15) is 12.2 Å². The van der Waals surface area contributed by atoms with Gasteiger partial charge in [0.2, 0.25) is 5.91 Å². The Hall–Kier alpha value is -3.39. The quantitative estimate of drug-likeness (QED) is 0.495. The predicted octanol–water partition coefficient (Wildman–Crippen LogP) is 3.88. The summed E-state index contributed by atoms with van der Waals surface area (Å²) in [6, 6.07) is 15.5. The van der Waals surface area contributed by atoms with Crippen LogP contribution >= 0.6 is 11.8 Å². The van der Waals surface area contributed by atoms with Crippen LogP contribution in [0.1, 0.15) is 36.5 Å². The number of hydrogen-bond acceptors (Lipinski definition) is 6. The molecule has 0 aromatic heterocycles. The minimum atomic E-state index is -0.531. The van der Waals surface area contributed by atoms with Gasteiger partial charge in [-0.05, 0) is 42.2 Å². The number of nitrogens with one attached hydrogen (secondary N) is 1. The molecule has 0 atom stereocenters. The van der Waals surface area contributed by atoms with Gasteiger partial charge in [0.15, 0.2) is 5.17 Å². The van der Waals surface area contributed by atoms with E-state index in [2.05, 4.69) is 28.9 Å². The minimum absolute atomic E-state index is 0.00182. The van der Waals surface area contributed by atoms with Crippen molar-refractivity contribution in [3.63, 3.8) is 0 Å². The maximum Gasteiger partial charge on any atom is 0.325 e. The molecule has 0 spiro atoms. The van der Waals surface area contributed by atoms with E-state index in [-0.39, 0.29) is 24.1 Å². The van der Waals surface area contributed by atoms with Crippen molar-refractivity contribution < 1.29 is 19.1 Å². The van der Waals surface area contributed by atoms with Gasteiger partial charge in [-0.25, -0.2) is 4.99 Å². The average molecular weight is 466 g/mol. The van der Waals surface area contributed by atoms with Gasteiger partial charge < -0.3 is 10.1 Å². The molecule has 172 valence electrons. The van der Waals surface area contributed by atoms with E-state index in [0.29, 0.717) is 22.5 Å². The molecule has 1 N–H and O–H groups in total. The molecule has 2 amide bonds. The van der Waals surface area contributed by atoms with Gasteiger partial charge in [-0.15, -0.1) is 0 Å². The number of rotatable bonds is 7. The lowest BCUT2D eigenvalue weighted by Gasteiger charge is -2.18. The number of aryl methyl sites for hydroxylation is 1. The van der Waals surface area contributed by atoms with Crippen molar-refractivity contribution in [3.05, 3.63) is 70.9 Å². The lowest BCUT2D eigenvalue weighted by molar-refractivity contribution is -0.140. The van der Waals surface area contributed by atoms with Crippen molar-refractivity contribution in [1.29, 1.82) is 0 Å². The molecular weight excluding hydrogens is 438 g/mol. The molecule has 0 bridgehead atoms. The maximum absolute atomic E-state index is 13.2. The molecule has 33 heavy (non-hydrogen) atoms. The van der Waals surface area contributed by atoms with Crippen molar-refractivity contribution in [1.82, 2.24) is 5.32 Å². The maximum atomic E-state index is 13.2. The molecule has 3 rings (SSSR count). The van der Waals surface area contributed by atoms with Crippen molar-refractivity contribution in [2.75, 3.05) is 24.3 Å². The van der Waals surface area contributed by atoms with Gasteiger partial charge in [0, 0.05) is 0 Å². The molecule has 2 aromatic carbocycles. The Balaban J connectivity index is 1.83. The third-order valence-electron chi connectivity index (χ3n) is 5.02. The zero-order valence-corrected chi connectivity index (χ0v) is 19.9. The molecule has 7 nitrogen and oxygen atoms in total. The molecule has 0 aliphatic carbocycles. The zero-order valence-electron chi connectivity index (χ0n) is 19.1. The number of anilines is 1. The molecule has 0 unspecified atom stereocenters. The number of carbonyl (C=O) groups excluding carboxylic acids is 3. The highest BCUT2D eigenvalue weighted by Crippen LogP contribution is 2.30.